The third-order valence-corrected chi connectivity index (χ3v) is 4.81. The maximum absolute atomic E-state index is 11.7. The largest absolute Gasteiger partial charge is 0.402 e. The molecule has 1 aromatic rings. The van der Waals surface area contributed by atoms with Gasteiger partial charge in [0.05, 0.1) is 5.57 Å². The third-order valence-electron chi connectivity index (χ3n) is 3.19. The fourth-order valence-corrected chi connectivity index (χ4v) is 3.45. The molecule has 126 valence electrons. The number of allylic oxidation sites excluding steroid dienone is 2. The number of nitrogens with one attached hydrogen (secondary N) is 1. The Bertz CT molecular complexity index is 850. The molecule has 24 heavy (non-hydrogen) atoms. The molecule has 0 aliphatic carbocycles. The zero-order valence-corrected chi connectivity index (χ0v) is 14.9. The Balaban J connectivity index is 2.35. The van der Waals surface area contributed by atoms with Gasteiger partial charge in [-0.25, -0.2) is 0 Å². The number of thioether (sulfide) groups is 1. The Morgan fingerprint density at radius 1 is 1.42 bits per heavy atom. The standard InChI is InChI=1S/C16H17N3O3S2/c1-3-9-18-24(20,21)22-19-16-14(8-10-23-16)15(11-17)13-7-5-4-6-12(13)2/h4-8,10,18H,3,9H2,1-2H3/b15-14+,19-16-. The van der Waals surface area contributed by atoms with Crippen LogP contribution in [0.4, 0.5) is 0 Å². The van der Waals surface area contributed by atoms with Crippen LogP contribution in [-0.4, -0.2) is 20.0 Å². The van der Waals surface area contributed by atoms with Gasteiger partial charge in [-0.1, -0.05) is 48.1 Å². The minimum Gasteiger partial charge on any atom is -0.255 e. The molecular weight excluding hydrogens is 346 g/mol. The van der Waals surface area contributed by atoms with E-state index in [1.54, 1.807) is 11.5 Å². The summed E-state index contributed by atoms with van der Waals surface area (Å²) in [6.07, 6.45) is 2.37. The molecule has 6 nitrogen and oxygen atoms in total. The number of hydrogen-bond donors (Lipinski definition) is 1. The molecule has 1 aliphatic heterocycles. The fourth-order valence-electron chi connectivity index (χ4n) is 2.02. The average Bonchev–Trinajstić information content (AvgIpc) is 3.02. The number of aryl methyl sites for hydroxylation is 1. The van der Waals surface area contributed by atoms with Crippen LogP contribution >= 0.6 is 11.8 Å². The SMILES string of the molecule is CCCNS(=O)(=O)O/N=C1\SC=C\C1=C(\C#N)c1ccccc1C. The lowest BCUT2D eigenvalue weighted by Gasteiger charge is -2.07. The van der Waals surface area contributed by atoms with Crippen molar-refractivity contribution in [2.45, 2.75) is 20.3 Å². The number of oxime groups is 1. The summed E-state index contributed by atoms with van der Waals surface area (Å²) in [7, 11) is -3.94. The van der Waals surface area contributed by atoms with Crippen molar-refractivity contribution in [1.82, 2.24) is 4.72 Å². The highest BCUT2D eigenvalue weighted by Gasteiger charge is 2.20. The highest BCUT2D eigenvalue weighted by Crippen LogP contribution is 2.31. The summed E-state index contributed by atoms with van der Waals surface area (Å²) in [6.45, 7) is 4.02. The molecule has 2 rings (SSSR count). The molecule has 0 fully saturated rings. The Labute approximate surface area is 146 Å². The van der Waals surface area contributed by atoms with Crippen LogP contribution in [-0.2, 0) is 14.6 Å². The van der Waals surface area contributed by atoms with Crippen LogP contribution in [0.15, 0.2) is 46.5 Å². The molecule has 1 N–H and O–H groups in total. The normalized spacial score (nSPS) is 17.8. The van der Waals surface area contributed by atoms with Gasteiger partial charge in [-0.2, -0.15) is 18.4 Å². The Kier molecular flexibility index (Phi) is 6.20. The second-order valence-electron chi connectivity index (χ2n) is 4.96. The summed E-state index contributed by atoms with van der Waals surface area (Å²) in [4.78, 5) is 0. The van der Waals surface area contributed by atoms with Crippen LogP contribution in [0.25, 0.3) is 5.57 Å². The maximum Gasteiger partial charge on any atom is 0.402 e. The van der Waals surface area contributed by atoms with Crippen molar-refractivity contribution < 1.29 is 12.7 Å². The van der Waals surface area contributed by atoms with Crippen LogP contribution in [0.2, 0.25) is 0 Å². The molecular formula is C16H17N3O3S2. The summed E-state index contributed by atoms with van der Waals surface area (Å²) in [5.74, 6) is 0. The fraction of sp³-hybridized carbons (Fsp3) is 0.250. The van der Waals surface area contributed by atoms with Gasteiger partial charge in [0.15, 0.2) is 5.04 Å². The first kappa shape index (κ1) is 18.3. The molecule has 0 atom stereocenters. The zero-order valence-electron chi connectivity index (χ0n) is 13.3. The van der Waals surface area contributed by atoms with Crippen molar-refractivity contribution >= 4 is 32.7 Å². The van der Waals surface area contributed by atoms with Gasteiger partial charge < -0.3 is 0 Å². The van der Waals surface area contributed by atoms with E-state index in [9.17, 15) is 13.7 Å². The lowest BCUT2D eigenvalue weighted by Crippen LogP contribution is -2.25. The Hall–Kier alpha value is -2.08. The van der Waals surface area contributed by atoms with Crippen molar-refractivity contribution in [3.63, 3.8) is 0 Å². The molecule has 0 saturated heterocycles. The van der Waals surface area contributed by atoms with E-state index in [4.69, 9.17) is 0 Å². The monoisotopic (exact) mass is 363 g/mol. The maximum atomic E-state index is 11.7. The van der Waals surface area contributed by atoms with Gasteiger partial charge >= 0.3 is 10.3 Å². The smallest absolute Gasteiger partial charge is 0.255 e. The van der Waals surface area contributed by atoms with E-state index in [1.165, 1.54) is 11.8 Å². The molecule has 0 aromatic heterocycles. The van der Waals surface area contributed by atoms with Crippen LogP contribution in [0.5, 0.6) is 0 Å². The van der Waals surface area contributed by atoms with Gasteiger partial charge in [-0.05, 0) is 36.0 Å². The summed E-state index contributed by atoms with van der Waals surface area (Å²) in [5.41, 5.74) is 2.70. The van der Waals surface area contributed by atoms with Gasteiger partial charge in [0.1, 0.15) is 6.07 Å². The van der Waals surface area contributed by atoms with E-state index >= 15 is 0 Å². The summed E-state index contributed by atoms with van der Waals surface area (Å²) < 4.78 is 30.2. The van der Waals surface area contributed by atoms with E-state index in [-0.39, 0.29) is 6.54 Å². The average molecular weight is 363 g/mol. The van der Waals surface area contributed by atoms with Crippen LogP contribution < -0.4 is 4.72 Å². The topological polar surface area (TPSA) is 91.6 Å². The third kappa shape index (κ3) is 4.47. The van der Waals surface area contributed by atoms with Gasteiger partial charge in [-0.15, -0.1) is 0 Å². The summed E-state index contributed by atoms with van der Waals surface area (Å²) in [5, 5.41) is 15.3. The number of hydrogen-bond acceptors (Lipinski definition) is 6. The highest BCUT2D eigenvalue weighted by atomic mass is 32.2. The second kappa shape index (κ2) is 8.15. The van der Waals surface area contributed by atoms with Gasteiger partial charge in [0.25, 0.3) is 0 Å². The van der Waals surface area contributed by atoms with Gasteiger partial charge in [-0.3, -0.25) is 4.28 Å². The lowest BCUT2D eigenvalue weighted by atomic mass is 9.97. The number of benzene rings is 1. The molecule has 0 amide bonds. The van der Waals surface area contributed by atoms with E-state index in [1.807, 2.05) is 38.1 Å². The number of nitrogens with zero attached hydrogens (tertiary/aromatic N) is 2. The van der Waals surface area contributed by atoms with Crippen molar-refractivity contribution in [2.24, 2.45) is 5.16 Å². The zero-order chi connectivity index (χ0) is 17.6. The molecule has 1 aliphatic rings. The lowest BCUT2D eigenvalue weighted by molar-refractivity contribution is 0.332. The molecule has 0 spiro atoms. The highest BCUT2D eigenvalue weighted by molar-refractivity contribution is 8.17. The predicted molar refractivity (Wildman–Crippen MR) is 96.2 cm³/mol. The number of nitriles is 1. The molecule has 1 heterocycles. The second-order valence-corrected chi connectivity index (χ2v) is 7.20. The van der Waals surface area contributed by atoms with Crippen molar-refractivity contribution in [3.8, 4) is 6.07 Å². The summed E-state index contributed by atoms with van der Waals surface area (Å²) >= 11 is 1.20. The quantitative estimate of drug-likeness (QED) is 0.619. The minimum absolute atomic E-state index is 0.272. The van der Waals surface area contributed by atoms with Crippen molar-refractivity contribution in [1.29, 1.82) is 5.26 Å². The molecule has 0 saturated carbocycles. The van der Waals surface area contributed by atoms with Crippen LogP contribution in [0, 0.1) is 18.3 Å². The van der Waals surface area contributed by atoms with Crippen molar-refractivity contribution in [3.05, 3.63) is 52.4 Å². The minimum atomic E-state index is -3.94. The first-order valence-corrected chi connectivity index (χ1v) is 9.57. The van der Waals surface area contributed by atoms with Crippen LogP contribution in [0.3, 0.4) is 0 Å². The molecule has 0 radical (unpaired) electrons. The molecule has 1 aromatic carbocycles. The van der Waals surface area contributed by atoms with E-state index < -0.39 is 10.3 Å². The summed E-state index contributed by atoms with van der Waals surface area (Å²) in [6, 6.07) is 9.66. The van der Waals surface area contributed by atoms with E-state index in [0.717, 1.165) is 11.1 Å². The van der Waals surface area contributed by atoms with Gasteiger partial charge in [0, 0.05) is 12.1 Å². The molecule has 0 unspecified atom stereocenters. The number of rotatable bonds is 6. The first-order chi connectivity index (χ1) is 11.5. The van der Waals surface area contributed by atoms with E-state index in [2.05, 4.69) is 20.2 Å². The van der Waals surface area contributed by atoms with E-state index in [0.29, 0.717) is 22.6 Å². The molecule has 0 bridgehead atoms. The van der Waals surface area contributed by atoms with Crippen LogP contribution in [0.1, 0.15) is 24.5 Å². The van der Waals surface area contributed by atoms with Crippen molar-refractivity contribution in [2.75, 3.05) is 6.54 Å². The molecule has 8 heteroatoms. The predicted octanol–water partition coefficient (Wildman–Crippen LogP) is 3.11. The first-order valence-electron chi connectivity index (χ1n) is 7.28. The Morgan fingerprint density at radius 3 is 2.83 bits per heavy atom. The van der Waals surface area contributed by atoms with Gasteiger partial charge in [0.2, 0.25) is 0 Å². The Morgan fingerprint density at radius 2 is 2.17 bits per heavy atom.